The topological polar surface area (TPSA) is 58.1 Å². The van der Waals surface area contributed by atoms with Crippen molar-refractivity contribution in [2.45, 2.75) is 31.7 Å². The van der Waals surface area contributed by atoms with Gasteiger partial charge in [0.25, 0.3) is 0 Å². The predicted octanol–water partition coefficient (Wildman–Crippen LogP) is 2.39. The Kier molecular flexibility index (Phi) is 7.01. The number of nitrogens with zero attached hydrogens (tertiary/aromatic N) is 2. The van der Waals surface area contributed by atoms with Crippen LogP contribution in [0.25, 0.3) is 0 Å². The van der Waals surface area contributed by atoms with E-state index in [-0.39, 0.29) is 18.2 Å². The molecule has 2 aliphatic rings. The number of nitrogens with one attached hydrogen (secondary N) is 2. The van der Waals surface area contributed by atoms with E-state index in [0.29, 0.717) is 44.5 Å². The van der Waals surface area contributed by atoms with Crippen LogP contribution in [-0.4, -0.2) is 58.6 Å². The first-order chi connectivity index (χ1) is 13.5. The Bertz CT molecular complexity index is 670. The van der Waals surface area contributed by atoms with Crippen LogP contribution in [0.15, 0.2) is 23.2 Å². The molecule has 9 heteroatoms. The Morgan fingerprint density at radius 2 is 2.00 bits per heavy atom. The Morgan fingerprint density at radius 3 is 2.64 bits per heavy atom. The summed E-state index contributed by atoms with van der Waals surface area (Å²) in [7, 11) is 1.59. The predicted molar refractivity (Wildman–Crippen MR) is 102 cm³/mol. The van der Waals surface area contributed by atoms with Gasteiger partial charge in [-0.2, -0.15) is 13.2 Å². The number of halogens is 3. The summed E-state index contributed by atoms with van der Waals surface area (Å²) in [6.07, 6.45) is -2.29. The van der Waals surface area contributed by atoms with Gasteiger partial charge in [0.05, 0.1) is 24.9 Å². The normalized spacial score (nSPS) is 21.1. The first kappa shape index (κ1) is 20.7. The van der Waals surface area contributed by atoms with E-state index in [4.69, 9.17) is 9.47 Å². The van der Waals surface area contributed by atoms with Crippen molar-refractivity contribution < 1.29 is 22.6 Å². The summed E-state index contributed by atoms with van der Waals surface area (Å²) in [5.41, 5.74) is 0.128. The van der Waals surface area contributed by atoms with Gasteiger partial charge in [0, 0.05) is 45.5 Å². The van der Waals surface area contributed by atoms with Crippen LogP contribution in [-0.2, 0) is 22.2 Å². The molecule has 1 atom stereocenters. The van der Waals surface area contributed by atoms with Crippen molar-refractivity contribution in [2.24, 2.45) is 4.99 Å². The van der Waals surface area contributed by atoms with Crippen LogP contribution in [0.2, 0.25) is 0 Å². The fraction of sp³-hybridized carbons (Fsp3) is 0.632. The van der Waals surface area contributed by atoms with E-state index in [1.807, 2.05) is 4.90 Å². The molecular formula is C19H27F3N4O2. The van der Waals surface area contributed by atoms with E-state index in [1.165, 1.54) is 12.1 Å². The molecule has 2 N–H and O–H groups in total. The molecule has 1 unspecified atom stereocenters. The standard InChI is InChI=1S/C19H27F3N4O2/c1-23-18(25-13-16-3-2-8-28-16)24-12-14-4-5-15(11-17(14)19(20,21)22)26-6-9-27-10-7-26/h4-5,11,16H,2-3,6-10,12-13H2,1H3,(H2,23,24,25). The number of aliphatic imine (C=N–C) groups is 1. The summed E-state index contributed by atoms with van der Waals surface area (Å²) >= 11 is 0. The first-order valence-electron chi connectivity index (χ1n) is 9.56. The molecule has 0 saturated carbocycles. The van der Waals surface area contributed by atoms with E-state index in [1.54, 1.807) is 13.1 Å². The summed E-state index contributed by atoms with van der Waals surface area (Å²) in [6.45, 7) is 3.60. The number of ether oxygens (including phenoxy) is 2. The van der Waals surface area contributed by atoms with Gasteiger partial charge in [0.1, 0.15) is 0 Å². The average Bonchev–Trinajstić information content (AvgIpc) is 3.22. The second-order valence-corrected chi connectivity index (χ2v) is 6.88. The lowest BCUT2D eigenvalue weighted by Crippen LogP contribution is -2.41. The minimum absolute atomic E-state index is 0.0312. The lowest BCUT2D eigenvalue weighted by atomic mass is 10.0. The largest absolute Gasteiger partial charge is 0.416 e. The van der Waals surface area contributed by atoms with E-state index in [2.05, 4.69) is 15.6 Å². The van der Waals surface area contributed by atoms with Crippen LogP contribution < -0.4 is 15.5 Å². The van der Waals surface area contributed by atoms with E-state index in [0.717, 1.165) is 19.4 Å². The molecule has 2 saturated heterocycles. The van der Waals surface area contributed by atoms with Crippen molar-refractivity contribution >= 4 is 11.6 Å². The number of morpholine rings is 1. The highest BCUT2D eigenvalue weighted by molar-refractivity contribution is 5.79. The summed E-state index contributed by atoms with van der Waals surface area (Å²) in [5, 5.41) is 6.08. The lowest BCUT2D eigenvalue weighted by molar-refractivity contribution is -0.138. The van der Waals surface area contributed by atoms with E-state index in [9.17, 15) is 13.2 Å². The maximum atomic E-state index is 13.6. The summed E-state index contributed by atoms with van der Waals surface area (Å²) in [6, 6.07) is 4.50. The van der Waals surface area contributed by atoms with Crippen molar-refractivity contribution in [3.05, 3.63) is 29.3 Å². The molecule has 1 aromatic rings. The minimum Gasteiger partial charge on any atom is -0.378 e. The Hall–Kier alpha value is -2.00. The zero-order chi connectivity index (χ0) is 20.0. The van der Waals surface area contributed by atoms with Crippen molar-refractivity contribution in [3.63, 3.8) is 0 Å². The molecule has 0 amide bonds. The van der Waals surface area contributed by atoms with Crippen LogP contribution in [0, 0.1) is 0 Å². The van der Waals surface area contributed by atoms with E-state index >= 15 is 0 Å². The molecule has 2 aliphatic heterocycles. The third-order valence-electron chi connectivity index (χ3n) is 4.97. The van der Waals surface area contributed by atoms with Crippen LogP contribution in [0.3, 0.4) is 0 Å². The molecule has 156 valence electrons. The number of benzene rings is 1. The average molecular weight is 400 g/mol. The highest BCUT2D eigenvalue weighted by atomic mass is 19.4. The fourth-order valence-corrected chi connectivity index (χ4v) is 3.42. The zero-order valence-electron chi connectivity index (χ0n) is 16.0. The molecule has 0 aliphatic carbocycles. The van der Waals surface area contributed by atoms with Crippen molar-refractivity contribution in [3.8, 4) is 0 Å². The number of alkyl halides is 3. The van der Waals surface area contributed by atoms with Crippen molar-refractivity contribution in [1.82, 2.24) is 10.6 Å². The molecule has 6 nitrogen and oxygen atoms in total. The van der Waals surface area contributed by atoms with Gasteiger partial charge in [-0.3, -0.25) is 4.99 Å². The van der Waals surface area contributed by atoms with Gasteiger partial charge in [0.15, 0.2) is 5.96 Å². The van der Waals surface area contributed by atoms with Crippen LogP contribution in [0.1, 0.15) is 24.0 Å². The van der Waals surface area contributed by atoms with Gasteiger partial charge in [-0.15, -0.1) is 0 Å². The zero-order valence-corrected chi connectivity index (χ0v) is 16.0. The second kappa shape index (κ2) is 9.47. The Morgan fingerprint density at radius 1 is 1.21 bits per heavy atom. The third kappa shape index (κ3) is 5.51. The summed E-state index contributed by atoms with van der Waals surface area (Å²) in [4.78, 5) is 6.00. The molecule has 0 radical (unpaired) electrons. The van der Waals surface area contributed by atoms with Crippen LogP contribution in [0.5, 0.6) is 0 Å². The quantitative estimate of drug-likeness (QED) is 0.587. The maximum Gasteiger partial charge on any atom is 0.416 e. The Labute approximate surface area is 163 Å². The molecule has 28 heavy (non-hydrogen) atoms. The molecule has 2 heterocycles. The first-order valence-corrected chi connectivity index (χ1v) is 9.56. The van der Waals surface area contributed by atoms with Crippen molar-refractivity contribution in [1.29, 1.82) is 0 Å². The van der Waals surface area contributed by atoms with Gasteiger partial charge in [-0.05, 0) is 30.5 Å². The van der Waals surface area contributed by atoms with Gasteiger partial charge < -0.3 is 25.0 Å². The smallest absolute Gasteiger partial charge is 0.378 e. The Balaban J connectivity index is 1.65. The number of hydrogen-bond donors (Lipinski definition) is 2. The van der Waals surface area contributed by atoms with Gasteiger partial charge in [-0.25, -0.2) is 0 Å². The molecule has 2 fully saturated rings. The monoisotopic (exact) mass is 400 g/mol. The summed E-state index contributed by atoms with van der Waals surface area (Å²) in [5.74, 6) is 0.459. The molecule has 0 bridgehead atoms. The lowest BCUT2D eigenvalue weighted by Gasteiger charge is -2.29. The van der Waals surface area contributed by atoms with Crippen molar-refractivity contribution in [2.75, 3.05) is 51.4 Å². The second-order valence-electron chi connectivity index (χ2n) is 6.88. The number of hydrogen-bond acceptors (Lipinski definition) is 4. The molecule has 0 aromatic heterocycles. The number of anilines is 1. The van der Waals surface area contributed by atoms with Gasteiger partial charge in [0.2, 0.25) is 0 Å². The van der Waals surface area contributed by atoms with E-state index < -0.39 is 11.7 Å². The fourth-order valence-electron chi connectivity index (χ4n) is 3.42. The highest BCUT2D eigenvalue weighted by Crippen LogP contribution is 2.35. The molecular weight excluding hydrogens is 373 g/mol. The van der Waals surface area contributed by atoms with Gasteiger partial charge >= 0.3 is 6.18 Å². The van der Waals surface area contributed by atoms with Crippen LogP contribution in [0.4, 0.5) is 18.9 Å². The maximum absolute atomic E-state index is 13.6. The summed E-state index contributed by atoms with van der Waals surface area (Å²) < 4.78 is 51.7. The number of rotatable bonds is 5. The highest BCUT2D eigenvalue weighted by Gasteiger charge is 2.34. The van der Waals surface area contributed by atoms with Gasteiger partial charge in [-0.1, -0.05) is 6.07 Å². The molecule has 0 spiro atoms. The minimum atomic E-state index is -4.42. The third-order valence-corrected chi connectivity index (χ3v) is 4.97. The molecule has 3 rings (SSSR count). The molecule has 1 aromatic carbocycles. The SMILES string of the molecule is CN=C(NCc1ccc(N2CCOCC2)cc1C(F)(F)F)NCC1CCCO1. The number of guanidine groups is 1. The van der Waals surface area contributed by atoms with Crippen LogP contribution >= 0.6 is 0 Å².